The standard InChI is InChI=1S/C76H52N4/c1-49-33-37-61-59-27-9-13-29-65(59)75(67(61)43-49)69-45-53(79(55-23-17-41-77-47-55)71-31-15-11-25-57(71)51-19-5-3-6-20-51)35-39-63(69)74-73(75)64-40-36-54(46-70(64)76(74)66-30-14-10-28-60(66)62-38-34-50(2)44-68(62)76)80(56-24-18-42-78-48-56)72-32-16-12-26-58(72)52-21-7-4-8-22-52/h3-48H,1-2H3. The van der Waals surface area contributed by atoms with Crippen LogP contribution in [0, 0.1) is 13.8 Å². The molecule has 2 unspecified atom stereocenters. The van der Waals surface area contributed by atoms with E-state index in [2.05, 4.69) is 266 Å². The van der Waals surface area contributed by atoms with Crippen LogP contribution in [-0.2, 0) is 10.8 Å². The molecular formula is C76H52N4. The molecular weight excluding hydrogens is 969 g/mol. The Labute approximate surface area is 466 Å². The number of benzene rings is 10. The minimum Gasteiger partial charge on any atom is -0.308 e. The third kappa shape index (κ3) is 6.39. The molecule has 0 saturated heterocycles. The first kappa shape index (κ1) is 46.0. The Morgan fingerprint density at radius 3 is 1.06 bits per heavy atom. The van der Waals surface area contributed by atoms with E-state index in [4.69, 9.17) is 9.97 Å². The van der Waals surface area contributed by atoms with Gasteiger partial charge in [0, 0.05) is 34.9 Å². The fraction of sp³-hybridized carbons (Fsp3) is 0.0526. The van der Waals surface area contributed by atoms with Crippen molar-refractivity contribution in [3.63, 3.8) is 0 Å². The average molecular weight is 1020 g/mol. The second-order valence-electron chi connectivity index (χ2n) is 21.8. The number of hydrogen-bond donors (Lipinski definition) is 0. The van der Waals surface area contributed by atoms with E-state index in [1.807, 2.05) is 36.9 Å². The summed E-state index contributed by atoms with van der Waals surface area (Å²) in [6, 6.07) is 95.2. The summed E-state index contributed by atoms with van der Waals surface area (Å²) in [5, 5.41) is 0. The van der Waals surface area contributed by atoms with Gasteiger partial charge in [-0.05, 0) is 164 Å². The van der Waals surface area contributed by atoms with Crippen molar-refractivity contribution in [2.75, 3.05) is 9.80 Å². The second kappa shape index (κ2) is 17.7. The maximum absolute atomic E-state index is 4.76. The Morgan fingerprint density at radius 1 is 0.275 bits per heavy atom. The Hall–Kier alpha value is -10.2. The smallest absolute Gasteiger partial charge is 0.0729 e. The molecule has 16 rings (SSSR count). The zero-order valence-corrected chi connectivity index (χ0v) is 44.3. The summed E-state index contributed by atoms with van der Waals surface area (Å²) in [5.74, 6) is 0. The Bertz CT molecular complexity index is 4220. The van der Waals surface area contributed by atoms with Crippen LogP contribution in [-0.4, -0.2) is 9.97 Å². The molecule has 0 aliphatic heterocycles. The number of allylic oxidation sites excluding steroid dienone is 2. The lowest BCUT2D eigenvalue weighted by atomic mass is 9.66. The van der Waals surface area contributed by atoms with Gasteiger partial charge in [0.1, 0.15) is 0 Å². The maximum Gasteiger partial charge on any atom is 0.0729 e. The number of hydrogen-bond acceptors (Lipinski definition) is 4. The van der Waals surface area contributed by atoms with Gasteiger partial charge in [0.05, 0.1) is 46.0 Å². The quantitative estimate of drug-likeness (QED) is 0.152. The van der Waals surface area contributed by atoms with Crippen molar-refractivity contribution < 1.29 is 0 Å². The van der Waals surface area contributed by atoms with Crippen molar-refractivity contribution in [1.82, 2.24) is 9.97 Å². The molecule has 10 aromatic carbocycles. The van der Waals surface area contributed by atoms with Crippen molar-refractivity contribution in [1.29, 1.82) is 0 Å². The van der Waals surface area contributed by atoms with Crippen molar-refractivity contribution in [2.24, 2.45) is 0 Å². The fourth-order valence-electron chi connectivity index (χ4n) is 14.5. The van der Waals surface area contributed by atoms with Crippen LogP contribution in [0.2, 0.25) is 0 Å². The first-order valence-electron chi connectivity index (χ1n) is 27.7. The third-order valence-electron chi connectivity index (χ3n) is 17.5. The highest BCUT2D eigenvalue weighted by atomic mass is 15.2. The number of aromatic nitrogens is 2. The fourth-order valence-corrected chi connectivity index (χ4v) is 14.5. The van der Waals surface area contributed by atoms with Gasteiger partial charge < -0.3 is 9.80 Å². The molecule has 0 radical (unpaired) electrons. The molecule has 0 bridgehead atoms. The first-order valence-corrected chi connectivity index (χ1v) is 27.7. The predicted octanol–water partition coefficient (Wildman–Crippen LogP) is 18.9. The number of nitrogens with zero attached hydrogens (tertiary/aromatic N) is 4. The lowest BCUT2D eigenvalue weighted by Gasteiger charge is -2.37. The van der Waals surface area contributed by atoms with Crippen molar-refractivity contribution in [3.8, 4) is 44.5 Å². The number of anilines is 6. The molecule has 0 N–H and O–H groups in total. The number of aryl methyl sites for hydroxylation is 2. The van der Waals surface area contributed by atoms with Crippen LogP contribution in [0.1, 0.15) is 55.6 Å². The lowest BCUT2D eigenvalue weighted by Crippen LogP contribution is -2.29. The van der Waals surface area contributed by atoms with Gasteiger partial charge in [-0.15, -0.1) is 0 Å². The molecule has 2 atom stereocenters. The van der Waals surface area contributed by atoms with Crippen LogP contribution in [0.15, 0.2) is 280 Å². The van der Waals surface area contributed by atoms with Gasteiger partial charge in [-0.3, -0.25) is 9.97 Å². The molecule has 2 spiro atoms. The molecule has 2 aromatic heterocycles. The summed E-state index contributed by atoms with van der Waals surface area (Å²) >= 11 is 0. The van der Waals surface area contributed by atoms with E-state index >= 15 is 0 Å². The van der Waals surface area contributed by atoms with Gasteiger partial charge in [-0.2, -0.15) is 0 Å². The van der Waals surface area contributed by atoms with Crippen LogP contribution in [0.3, 0.4) is 0 Å². The molecule has 0 saturated carbocycles. The first-order chi connectivity index (χ1) is 39.5. The van der Waals surface area contributed by atoms with Gasteiger partial charge in [0.25, 0.3) is 0 Å². The van der Waals surface area contributed by atoms with E-state index in [0.717, 1.165) is 56.4 Å². The SMILES string of the molecule is Cc1ccc2c(c1)C1(C3=C(c4ccc(N(c5cccnc5)c5ccccc5-c5ccccc5)cc41)C1(c4cc(N(c5cccnc5)c5ccccc5-c5ccccc5)ccc43)c3ccccc3-c3ccc(C)cc31)c1ccccc1-2. The molecule has 12 aromatic rings. The van der Waals surface area contributed by atoms with Crippen LogP contribution in [0.5, 0.6) is 0 Å². The van der Waals surface area contributed by atoms with Gasteiger partial charge in [0.15, 0.2) is 0 Å². The van der Waals surface area contributed by atoms with Gasteiger partial charge in [-0.25, -0.2) is 0 Å². The van der Waals surface area contributed by atoms with Gasteiger partial charge >= 0.3 is 0 Å². The molecule has 0 amide bonds. The normalized spacial score (nSPS) is 16.4. The van der Waals surface area contributed by atoms with Crippen LogP contribution in [0.25, 0.3) is 55.7 Å². The number of pyridine rings is 2. The van der Waals surface area contributed by atoms with Crippen LogP contribution >= 0.6 is 0 Å². The Morgan fingerprint density at radius 2 is 0.637 bits per heavy atom. The number of rotatable bonds is 8. The minimum atomic E-state index is -0.720. The third-order valence-corrected chi connectivity index (χ3v) is 17.5. The summed E-state index contributed by atoms with van der Waals surface area (Å²) < 4.78 is 0. The van der Waals surface area contributed by atoms with Crippen LogP contribution < -0.4 is 9.80 Å². The highest BCUT2D eigenvalue weighted by Crippen LogP contribution is 2.75. The van der Waals surface area contributed by atoms with Crippen molar-refractivity contribution >= 4 is 45.3 Å². The minimum absolute atomic E-state index is 0.720. The van der Waals surface area contributed by atoms with E-state index in [9.17, 15) is 0 Å². The average Bonchev–Trinajstić information content (AvgIpc) is 4.01. The van der Waals surface area contributed by atoms with E-state index in [-0.39, 0.29) is 0 Å². The second-order valence-corrected chi connectivity index (χ2v) is 21.8. The summed E-state index contributed by atoms with van der Waals surface area (Å²) in [7, 11) is 0. The molecule has 2 heterocycles. The van der Waals surface area contributed by atoms with Gasteiger partial charge in [-0.1, -0.05) is 205 Å². The zero-order chi connectivity index (χ0) is 53.1. The summed E-state index contributed by atoms with van der Waals surface area (Å²) in [6.45, 7) is 4.51. The van der Waals surface area contributed by atoms with Crippen LogP contribution in [0.4, 0.5) is 34.1 Å². The molecule has 4 aliphatic rings. The highest BCUT2D eigenvalue weighted by Gasteiger charge is 2.64. The monoisotopic (exact) mass is 1020 g/mol. The number of para-hydroxylation sites is 2. The summed E-state index contributed by atoms with van der Waals surface area (Å²) in [6.07, 6.45) is 7.73. The van der Waals surface area contributed by atoms with E-state index in [1.165, 1.54) is 89.0 Å². The maximum atomic E-state index is 4.76. The molecule has 4 nitrogen and oxygen atoms in total. The molecule has 0 fully saturated rings. The zero-order valence-electron chi connectivity index (χ0n) is 44.3. The predicted molar refractivity (Wildman–Crippen MR) is 329 cm³/mol. The summed E-state index contributed by atoms with van der Waals surface area (Å²) in [5.41, 5.74) is 30.0. The van der Waals surface area contributed by atoms with E-state index in [0.29, 0.717) is 0 Å². The largest absolute Gasteiger partial charge is 0.308 e. The van der Waals surface area contributed by atoms with Crippen molar-refractivity contribution in [3.05, 3.63) is 335 Å². The lowest BCUT2D eigenvalue weighted by molar-refractivity contribution is 0.825. The van der Waals surface area contributed by atoms with E-state index < -0.39 is 10.8 Å². The molecule has 4 aliphatic carbocycles. The Kier molecular flexibility index (Phi) is 10.2. The highest BCUT2D eigenvalue weighted by molar-refractivity contribution is 6.20. The van der Waals surface area contributed by atoms with E-state index in [1.54, 1.807) is 0 Å². The molecule has 80 heavy (non-hydrogen) atoms. The van der Waals surface area contributed by atoms with Crippen molar-refractivity contribution in [2.45, 2.75) is 24.7 Å². The molecule has 4 heteroatoms. The number of fused-ring (bicyclic) bond motifs is 18. The van der Waals surface area contributed by atoms with Gasteiger partial charge in [0.2, 0.25) is 0 Å². The Balaban J connectivity index is 1.03. The molecule has 376 valence electrons. The topological polar surface area (TPSA) is 32.3 Å². The summed E-state index contributed by atoms with van der Waals surface area (Å²) in [4.78, 5) is 14.4.